The predicted molar refractivity (Wildman–Crippen MR) is 54.3 cm³/mol. The van der Waals surface area contributed by atoms with Crippen LogP contribution < -0.4 is 0 Å². The number of hydrogen-bond donors (Lipinski definition) is 0. The summed E-state index contributed by atoms with van der Waals surface area (Å²) in [5.74, 6) is 0. The second kappa shape index (κ2) is 4.65. The van der Waals surface area contributed by atoms with E-state index in [-0.39, 0.29) is 0 Å². The van der Waals surface area contributed by atoms with E-state index < -0.39 is 0 Å². The molecule has 1 aliphatic rings. The molecule has 0 bridgehead atoms. The maximum Gasteiger partial charge on any atom is 0.210 e. The Balaban J connectivity index is 2.83. The number of rotatable bonds is 3. The number of hydrogen-bond acceptors (Lipinski definition) is 1. The topological polar surface area (TPSA) is 20.3 Å². The zero-order valence-corrected chi connectivity index (χ0v) is 7.99. The van der Waals surface area contributed by atoms with Gasteiger partial charge in [-0.1, -0.05) is 24.8 Å². The van der Waals surface area contributed by atoms with E-state index in [2.05, 4.69) is 12.7 Å². The molecule has 2 nitrogen and oxygen atoms in total. The summed E-state index contributed by atoms with van der Waals surface area (Å²) in [7, 11) is 0. The van der Waals surface area contributed by atoms with Crippen molar-refractivity contribution in [1.29, 1.82) is 0 Å². The largest absolute Gasteiger partial charge is 0.341 e. The molecule has 1 rings (SSSR count). The van der Waals surface area contributed by atoms with Crippen molar-refractivity contribution in [3.8, 4) is 0 Å². The van der Waals surface area contributed by atoms with E-state index in [0.717, 1.165) is 24.9 Å². The van der Waals surface area contributed by atoms with Crippen molar-refractivity contribution in [2.24, 2.45) is 0 Å². The Morgan fingerprint density at radius 3 is 2.77 bits per heavy atom. The highest BCUT2D eigenvalue weighted by Gasteiger charge is 2.13. The van der Waals surface area contributed by atoms with Gasteiger partial charge in [-0.25, -0.2) is 0 Å². The van der Waals surface area contributed by atoms with Gasteiger partial charge < -0.3 is 4.90 Å². The monoisotopic (exact) mass is 177 g/mol. The summed E-state index contributed by atoms with van der Waals surface area (Å²) in [6.45, 7) is 7.27. The van der Waals surface area contributed by atoms with Crippen LogP contribution in [0.5, 0.6) is 0 Å². The fraction of sp³-hybridized carbons (Fsp3) is 0.364. The van der Waals surface area contributed by atoms with Crippen molar-refractivity contribution >= 4 is 6.41 Å². The van der Waals surface area contributed by atoms with Crippen LogP contribution in [0.1, 0.15) is 13.3 Å². The van der Waals surface area contributed by atoms with E-state index in [1.54, 1.807) is 4.90 Å². The first kappa shape index (κ1) is 9.78. The molecule has 0 saturated carbocycles. The van der Waals surface area contributed by atoms with Crippen molar-refractivity contribution in [2.45, 2.75) is 13.3 Å². The van der Waals surface area contributed by atoms with Gasteiger partial charge in [0.25, 0.3) is 0 Å². The van der Waals surface area contributed by atoms with E-state index in [0.29, 0.717) is 6.54 Å². The Hall–Kier alpha value is -1.31. The van der Waals surface area contributed by atoms with Crippen LogP contribution in [0.25, 0.3) is 0 Å². The van der Waals surface area contributed by atoms with Gasteiger partial charge in [0.15, 0.2) is 0 Å². The van der Waals surface area contributed by atoms with Crippen LogP contribution in [0.2, 0.25) is 0 Å². The number of amides is 1. The third-order valence-corrected chi connectivity index (χ3v) is 2.22. The summed E-state index contributed by atoms with van der Waals surface area (Å²) in [5.41, 5.74) is 2.46. The molecule has 0 aliphatic carbocycles. The first-order chi connectivity index (χ1) is 6.31. The Labute approximate surface area is 79.2 Å². The third-order valence-electron chi connectivity index (χ3n) is 2.22. The molecule has 0 radical (unpaired) electrons. The molecule has 0 N–H and O–H groups in total. The quantitative estimate of drug-likeness (QED) is 0.603. The van der Waals surface area contributed by atoms with Crippen LogP contribution in [-0.2, 0) is 4.79 Å². The van der Waals surface area contributed by atoms with Crippen LogP contribution in [-0.4, -0.2) is 24.4 Å². The number of nitrogens with zero attached hydrogens (tertiary/aromatic N) is 1. The average molecular weight is 177 g/mol. The van der Waals surface area contributed by atoms with Crippen molar-refractivity contribution in [1.82, 2.24) is 4.90 Å². The molecular formula is C11H15NO. The molecule has 13 heavy (non-hydrogen) atoms. The van der Waals surface area contributed by atoms with Crippen molar-refractivity contribution in [3.63, 3.8) is 0 Å². The lowest BCUT2D eigenvalue weighted by Crippen LogP contribution is -2.29. The highest BCUT2D eigenvalue weighted by atomic mass is 16.1. The first-order valence-corrected chi connectivity index (χ1v) is 4.48. The fourth-order valence-electron chi connectivity index (χ4n) is 1.50. The molecule has 70 valence electrons. The minimum atomic E-state index is 0.701. The maximum atomic E-state index is 10.5. The molecule has 0 aromatic heterocycles. The van der Waals surface area contributed by atoms with Crippen LogP contribution in [0.3, 0.4) is 0 Å². The molecular weight excluding hydrogens is 162 g/mol. The van der Waals surface area contributed by atoms with Gasteiger partial charge in [0, 0.05) is 13.1 Å². The van der Waals surface area contributed by atoms with Gasteiger partial charge in [0.2, 0.25) is 6.41 Å². The van der Waals surface area contributed by atoms with Crippen molar-refractivity contribution in [2.75, 3.05) is 13.1 Å². The summed E-state index contributed by atoms with van der Waals surface area (Å²) in [4.78, 5) is 12.3. The van der Waals surface area contributed by atoms with E-state index >= 15 is 0 Å². The number of allylic oxidation sites excluding steroid dienone is 2. The average Bonchev–Trinajstić information content (AvgIpc) is 2.19. The molecule has 1 amide bonds. The highest BCUT2D eigenvalue weighted by molar-refractivity contribution is 5.51. The maximum absolute atomic E-state index is 10.5. The molecule has 0 atom stereocenters. The molecule has 1 heterocycles. The summed E-state index contributed by atoms with van der Waals surface area (Å²) >= 11 is 0. The zero-order valence-electron chi connectivity index (χ0n) is 7.99. The second-order valence-corrected chi connectivity index (χ2v) is 3.08. The minimum absolute atomic E-state index is 0.701. The van der Waals surface area contributed by atoms with Gasteiger partial charge in [-0.05, 0) is 24.5 Å². The van der Waals surface area contributed by atoms with Gasteiger partial charge in [-0.3, -0.25) is 4.79 Å². The van der Waals surface area contributed by atoms with E-state index in [4.69, 9.17) is 0 Å². The van der Waals surface area contributed by atoms with Crippen LogP contribution in [0.4, 0.5) is 0 Å². The van der Waals surface area contributed by atoms with Gasteiger partial charge in [0.1, 0.15) is 0 Å². The second-order valence-electron chi connectivity index (χ2n) is 3.08. The number of carbonyl (C=O) groups excluding carboxylic acids is 1. The highest BCUT2D eigenvalue weighted by Crippen LogP contribution is 2.18. The molecule has 0 saturated heterocycles. The summed E-state index contributed by atoms with van der Waals surface area (Å²) in [6, 6.07) is 0. The summed E-state index contributed by atoms with van der Waals surface area (Å²) in [5, 5.41) is 0. The van der Waals surface area contributed by atoms with Crippen LogP contribution >= 0.6 is 0 Å². The third kappa shape index (κ3) is 2.31. The Kier molecular flexibility index (Phi) is 3.50. The van der Waals surface area contributed by atoms with Gasteiger partial charge >= 0.3 is 0 Å². The van der Waals surface area contributed by atoms with Gasteiger partial charge in [-0.2, -0.15) is 0 Å². The Morgan fingerprint density at radius 2 is 2.23 bits per heavy atom. The van der Waals surface area contributed by atoms with E-state index in [1.807, 2.05) is 19.1 Å². The molecule has 0 aromatic rings. The zero-order chi connectivity index (χ0) is 9.68. The van der Waals surface area contributed by atoms with Crippen LogP contribution in [0.15, 0.2) is 36.0 Å². The van der Waals surface area contributed by atoms with E-state index in [1.165, 1.54) is 5.57 Å². The Morgan fingerprint density at radius 1 is 1.46 bits per heavy atom. The lowest BCUT2D eigenvalue weighted by Gasteiger charge is -2.25. The standard InChI is InChI=1S/C11H15NO/c1-3-5-11-6-7-12(9-13)8-10(11)4-2/h3-5,9H,2,6-8H2,1H3/b5-3-. The van der Waals surface area contributed by atoms with Crippen molar-refractivity contribution in [3.05, 3.63) is 36.0 Å². The molecule has 2 heteroatoms. The SMILES string of the molecule is C=CC1=C(/C=C\C)CCN(C=O)C1. The van der Waals surface area contributed by atoms with Crippen molar-refractivity contribution < 1.29 is 4.79 Å². The van der Waals surface area contributed by atoms with Gasteiger partial charge in [-0.15, -0.1) is 0 Å². The van der Waals surface area contributed by atoms with Gasteiger partial charge in [0.05, 0.1) is 0 Å². The van der Waals surface area contributed by atoms with E-state index in [9.17, 15) is 4.79 Å². The predicted octanol–water partition coefficient (Wildman–Crippen LogP) is 1.91. The molecule has 0 fully saturated rings. The number of carbonyl (C=O) groups is 1. The molecule has 0 spiro atoms. The smallest absolute Gasteiger partial charge is 0.210 e. The normalized spacial score (nSPS) is 18.1. The molecule has 1 aliphatic heterocycles. The Bertz CT molecular complexity index is 263. The lowest BCUT2D eigenvalue weighted by atomic mass is 10.00. The minimum Gasteiger partial charge on any atom is -0.341 e. The molecule has 0 aromatic carbocycles. The summed E-state index contributed by atoms with van der Waals surface area (Å²) < 4.78 is 0. The lowest BCUT2D eigenvalue weighted by molar-refractivity contribution is -0.117. The first-order valence-electron chi connectivity index (χ1n) is 4.48. The summed E-state index contributed by atoms with van der Waals surface area (Å²) in [6.07, 6.45) is 7.79. The fourth-order valence-corrected chi connectivity index (χ4v) is 1.50. The molecule has 0 unspecified atom stereocenters. The van der Waals surface area contributed by atoms with Crippen LogP contribution in [0, 0.1) is 0 Å².